The molecule has 2 aliphatic heterocycles. The van der Waals surface area contributed by atoms with Crippen molar-refractivity contribution in [1.29, 1.82) is 5.26 Å². The molecule has 1 fully saturated rings. The number of carbonyl (C=O) groups excluding carboxylic acids is 1. The minimum atomic E-state index is -2.44. The topological polar surface area (TPSA) is 124 Å². The highest BCUT2D eigenvalue weighted by Crippen LogP contribution is 2.67. The highest BCUT2D eigenvalue weighted by atomic mass is 35.5. The summed E-state index contributed by atoms with van der Waals surface area (Å²) in [4.78, 5) is 17.5. The Kier molecular flexibility index (Phi) is 5.69. The van der Waals surface area contributed by atoms with Crippen LogP contribution in [0.2, 0.25) is 5.02 Å². The minimum Gasteiger partial charge on any atom is -0.386 e. The zero-order chi connectivity index (χ0) is 24.2. The average molecular weight is 490 g/mol. The molecule has 2 aromatic carbocycles. The van der Waals surface area contributed by atoms with Gasteiger partial charge in [-0.1, -0.05) is 22.1 Å². The maximum absolute atomic E-state index is 15.1. The number of halogens is 2. The van der Waals surface area contributed by atoms with Gasteiger partial charge in [-0.3, -0.25) is 14.5 Å². The van der Waals surface area contributed by atoms with E-state index in [2.05, 4.69) is 10.0 Å². The number of amides is 1. The van der Waals surface area contributed by atoms with Crippen LogP contribution in [0.1, 0.15) is 48.7 Å². The van der Waals surface area contributed by atoms with E-state index in [9.17, 15) is 9.35 Å². The molecule has 174 valence electrons. The predicted molar refractivity (Wildman–Crippen MR) is 130 cm³/mol. The number of anilines is 1. The van der Waals surface area contributed by atoms with Crippen LogP contribution in [0.4, 0.5) is 10.1 Å². The molecule has 0 spiro atoms. The van der Waals surface area contributed by atoms with Gasteiger partial charge in [-0.25, -0.2) is 4.39 Å². The molecule has 0 aromatic heterocycles. The molecule has 2 heterocycles. The largest absolute Gasteiger partial charge is 0.386 e. The molecule has 0 bridgehead atoms. The number of hydrogen-bond donors (Lipinski definition) is 4. The molecule has 2 aromatic rings. The zero-order valence-corrected chi connectivity index (χ0v) is 20.0. The van der Waals surface area contributed by atoms with Gasteiger partial charge in [0.05, 0.1) is 32.2 Å². The van der Waals surface area contributed by atoms with Crippen LogP contribution in [0, 0.1) is 17.1 Å². The van der Waals surface area contributed by atoms with Gasteiger partial charge in [-0.05, 0) is 63.6 Å². The van der Waals surface area contributed by atoms with E-state index in [4.69, 9.17) is 27.6 Å². The van der Waals surface area contributed by atoms with Gasteiger partial charge in [-0.15, -0.1) is 0 Å². The highest BCUT2D eigenvalue weighted by molar-refractivity contribution is 8.29. The maximum atomic E-state index is 15.1. The Balaban J connectivity index is 1.73. The molecule has 4 rings (SSSR count). The summed E-state index contributed by atoms with van der Waals surface area (Å²) in [6.07, 6.45) is 0.611. The summed E-state index contributed by atoms with van der Waals surface area (Å²) in [6.45, 7) is 6.04. The number of aliphatic imine (C=N–C) groups is 1. The zero-order valence-electron chi connectivity index (χ0n) is 18.4. The van der Waals surface area contributed by atoms with Crippen LogP contribution < -0.4 is 15.8 Å². The first-order chi connectivity index (χ1) is 15.4. The van der Waals surface area contributed by atoms with Gasteiger partial charge in [-0.2, -0.15) is 5.26 Å². The van der Waals surface area contributed by atoms with Crippen molar-refractivity contribution in [1.82, 2.24) is 4.72 Å². The molecule has 10 heteroatoms. The molecular formula is C23H25ClFN5O2S. The Labute approximate surface area is 198 Å². The van der Waals surface area contributed by atoms with Crippen LogP contribution in [0.3, 0.4) is 0 Å². The minimum absolute atomic E-state index is 0.137. The van der Waals surface area contributed by atoms with Gasteiger partial charge in [0.2, 0.25) is 0 Å². The molecule has 7 nitrogen and oxygen atoms in total. The van der Waals surface area contributed by atoms with Gasteiger partial charge in [0.25, 0.3) is 5.91 Å². The second-order valence-electron chi connectivity index (χ2n) is 8.91. The molecule has 0 radical (unpaired) electrons. The normalized spacial score (nSPS) is 29.8. The van der Waals surface area contributed by atoms with E-state index in [0.717, 1.165) is 0 Å². The summed E-state index contributed by atoms with van der Waals surface area (Å²) >= 11 is 6.15. The number of amidine groups is 1. The lowest BCUT2D eigenvalue weighted by Crippen LogP contribution is -2.57. The van der Waals surface area contributed by atoms with Crippen molar-refractivity contribution in [2.75, 3.05) is 11.9 Å². The first-order valence-corrected chi connectivity index (χ1v) is 12.4. The van der Waals surface area contributed by atoms with Crippen LogP contribution in [0.25, 0.3) is 0 Å². The monoisotopic (exact) mass is 489 g/mol. The first kappa shape index (κ1) is 23.5. The van der Waals surface area contributed by atoms with Crippen molar-refractivity contribution in [3.63, 3.8) is 0 Å². The Morgan fingerprint density at radius 2 is 2.09 bits per heavy atom. The maximum Gasteiger partial charge on any atom is 0.257 e. The smallest absolute Gasteiger partial charge is 0.257 e. The molecular weight excluding hydrogens is 465 g/mol. The molecule has 3 atom stereocenters. The summed E-state index contributed by atoms with van der Waals surface area (Å²) in [5.74, 6) is -0.743. The van der Waals surface area contributed by atoms with Crippen LogP contribution in [-0.4, -0.2) is 32.8 Å². The second kappa shape index (κ2) is 7.99. The molecule has 5 N–H and O–H groups in total. The predicted octanol–water partition coefficient (Wildman–Crippen LogP) is 4.52. The molecule has 33 heavy (non-hydrogen) atoms. The summed E-state index contributed by atoms with van der Waals surface area (Å²) < 4.78 is 29.2. The lowest BCUT2D eigenvalue weighted by Gasteiger charge is -2.56. The Morgan fingerprint density at radius 1 is 1.36 bits per heavy atom. The third kappa shape index (κ3) is 3.58. The van der Waals surface area contributed by atoms with Gasteiger partial charge >= 0.3 is 0 Å². The van der Waals surface area contributed by atoms with E-state index in [-0.39, 0.29) is 27.2 Å². The number of nitriles is 1. The lowest BCUT2D eigenvalue weighted by molar-refractivity contribution is 0.102. The third-order valence-electron chi connectivity index (χ3n) is 6.63. The van der Waals surface area contributed by atoms with E-state index in [1.54, 1.807) is 6.92 Å². The number of nitrogens with one attached hydrogen (secondary N) is 2. The average Bonchev–Trinajstić information content (AvgIpc) is 3.18. The van der Waals surface area contributed by atoms with Gasteiger partial charge in [0.1, 0.15) is 17.2 Å². The standard InChI is InChI=1S/C23H25ClFN5O2S/c1-22(2)21(27)30-23(3,19-8-9-28-33(19,22)32)16-11-14(5-7-18(16)25)29-20(31)15-6-4-13(12-26)10-17(15)24/h4-7,10-11,19,28,32H,8-9H2,1-3H3,(H2,27,30)(H,29,31)/t19-,23+/m0/s1. The van der Waals surface area contributed by atoms with E-state index in [1.165, 1.54) is 36.4 Å². The van der Waals surface area contributed by atoms with Crippen LogP contribution in [-0.2, 0) is 5.54 Å². The van der Waals surface area contributed by atoms with Gasteiger partial charge in [0, 0.05) is 17.8 Å². The molecule has 1 unspecified atom stereocenters. The van der Waals surface area contributed by atoms with E-state index in [0.29, 0.717) is 24.2 Å². The number of nitrogens with two attached hydrogens (primary N) is 1. The van der Waals surface area contributed by atoms with Crippen LogP contribution in [0.15, 0.2) is 41.4 Å². The number of rotatable bonds is 3. The first-order valence-electron chi connectivity index (χ1n) is 10.4. The fourth-order valence-corrected chi connectivity index (χ4v) is 8.21. The molecule has 0 saturated carbocycles. The SMILES string of the molecule is CC1(C)C(N)=N[C@](C)(c2cc(NC(=O)c3ccc(C#N)cc3Cl)ccc2F)[C@@H]2CCNS21O. The van der Waals surface area contributed by atoms with E-state index in [1.807, 2.05) is 19.9 Å². The van der Waals surface area contributed by atoms with Crippen molar-refractivity contribution >= 4 is 39.5 Å². The summed E-state index contributed by atoms with van der Waals surface area (Å²) in [5.41, 5.74) is 6.29. The molecule has 1 amide bonds. The van der Waals surface area contributed by atoms with Gasteiger partial charge < -0.3 is 15.6 Å². The van der Waals surface area contributed by atoms with Crippen molar-refractivity contribution in [3.05, 3.63) is 63.9 Å². The van der Waals surface area contributed by atoms with Crippen molar-refractivity contribution in [2.24, 2.45) is 10.7 Å². The number of hydrogen-bond acceptors (Lipinski definition) is 6. The van der Waals surface area contributed by atoms with Crippen molar-refractivity contribution in [3.8, 4) is 6.07 Å². The van der Waals surface area contributed by atoms with Crippen molar-refractivity contribution < 1.29 is 13.7 Å². The number of nitrogens with zero attached hydrogens (tertiary/aromatic N) is 2. The van der Waals surface area contributed by atoms with Crippen LogP contribution >= 0.6 is 22.1 Å². The Morgan fingerprint density at radius 3 is 2.76 bits per heavy atom. The highest BCUT2D eigenvalue weighted by Gasteiger charge is 2.60. The second-order valence-corrected chi connectivity index (χ2v) is 12.4. The Hall–Kier alpha value is -2.64. The van der Waals surface area contributed by atoms with Crippen molar-refractivity contribution in [2.45, 2.75) is 42.7 Å². The number of fused-ring (bicyclic) bond motifs is 1. The molecule has 0 aliphatic carbocycles. The number of benzene rings is 2. The number of carbonyl (C=O) groups is 1. The molecule has 2 aliphatic rings. The quantitative estimate of drug-likeness (QED) is 0.504. The summed E-state index contributed by atoms with van der Waals surface area (Å²) in [7, 11) is -2.44. The fourth-order valence-electron chi connectivity index (χ4n) is 4.57. The fraction of sp³-hybridized carbons (Fsp3) is 0.348. The van der Waals surface area contributed by atoms with E-state index >= 15 is 4.39 Å². The molecule has 1 saturated heterocycles. The van der Waals surface area contributed by atoms with Crippen LogP contribution in [0.5, 0.6) is 0 Å². The summed E-state index contributed by atoms with van der Waals surface area (Å²) in [5, 5.41) is 11.5. The lowest BCUT2D eigenvalue weighted by atomic mass is 9.85. The van der Waals surface area contributed by atoms with Gasteiger partial charge in [0.15, 0.2) is 0 Å². The summed E-state index contributed by atoms with van der Waals surface area (Å²) in [6, 6.07) is 10.6. The third-order valence-corrected chi connectivity index (χ3v) is 10.9. The Bertz CT molecular complexity index is 1230. The van der Waals surface area contributed by atoms with E-state index < -0.39 is 32.5 Å².